The maximum absolute atomic E-state index is 3.69. The van der Waals surface area contributed by atoms with Crippen LogP contribution in [0.25, 0.3) is 0 Å². The lowest BCUT2D eigenvalue weighted by atomic mass is 10.2. The molecular weight excluding hydrogens is 144 g/mol. The van der Waals surface area contributed by atoms with Crippen molar-refractivity contribution in [1.82, 2.24) is 0 Å². The van der Waals surface area contributed by atoms with Crippen LogP contribution in [0.4, 0.5) is 0 Å². The molecule has 0 nitrogen and oxygen atoms in total. The van der Waals surface area contributed by atoms with Crippen LogP contribution in [0.2, 0.25) is 0 Å². The first-order valence-corrected chi connectivity index (χ1v) is 4.79. The highest BCUT2D eigenvalue weighted by molar-refractivity contribution is 4.91. The fourth-order valence-corrected chi connectivity index (χ4v) is 0.980. The summed E-state index contributed by atoms with van der Waals surface area (Å²) in [6, 6.07) is 0. The molecule has 0 heterocycles. The molecule has 0 fully saturated rings. The molecule has 0 atom stereocenters. The largest absolute Gasteiger partial charge is 0.103 e. The van der Waals surface area contributed by atoms with E-state index in [1.165, 1.54) is 19.3 Å². The Kier molecular flexibility index (Phi) is 9.56. The van der Waals surface area contributed by atoms with Crippen molar-refractivity contribution in [3.05, 3.63) is 37.0 Å². The van der Waals surface area contributed by atoms with Gasteiger partial charge in [-0.2, -0.15) is 0 Å². The van der Waals surface area contributed by atoms with Gasteiger partial charge in [-0.3, -0.25) is 0 Å². The van der Waals surface area contributed by atoms with Crippen molar-refractivity contribution in [3.8, 4) is 0 Å². The average molecular weight is 164 g/mol. The second kappa shape index (κ2) is 10.2. The van der Waals surface area contributed by atoms with E-state index in [0.29, 0.717) is 0 Å². The summed E-state index contributed by atoms with van der Waals surface area (Å²) in [7, 11) is 0. The highest BCUT2D eigenvalue weighted by atomic mass is 13.9. The van der Waals surface area contributed by atoms with E-state index in [4.69, 9.17) is 0 Å². The molecule has 0 saturated heterocycles. The van der Waals surface area contributed by atoms with Gasteiger partial charge >= 0.3 is 0 Å². The van der Waals surface area contributed by atoms with E-state index in [2.05, 4.69) is 37.8 Å². The molecular formula is C12H20. The van der Waals surface area contributed by atoms with Crippen LogP contribution in [-0.4, -0.2) is 0 Å². The Hall–Kier alpha value is -0.780. The van der Waals surface area contributed by atoms with Crippen molar-refractivity contribution in [1.29, 1.82) is 0 Å². The molecule has 0 aliphatic carbocycles. The summed E-state index contributed by atoms with van der Waals surface area (Å²) < 4.78 is 0. The van der Waals surface area contributed by atoms with Crippen molar-refractivity contribution in [2.24, 2.45) is 0 Å². The Morgan fingerprint density at radius 1 is 1.00 bits per heavy atom. The zero-order chi connectivity index (χ0) is 9.07. The van der Waals surface area contributed by atoms with E-state index in [-0.39, 0.29) is 0 Å². The second-order valence-electron chi connectivity index (χ2n) is 2.85. The highest BCUT2D eigenvalue weighted by Crippen LogP contribution is 2.01. The Labute approximate surface area is 76.7 Å². The van der Waals surface area contributed by atoms with Gasteiger partial charge in [0.25, 0.3) is 0 Å². The van der Waals surface area contributed by atoms with Crippen LogP contribution in [-0.2, 0) is 0 Å². The van der Waals surface area contributed by atoms with Gasteiger partial charge in [0.2, 0.25) is 0 Å². The van der Waals surface area contributed by atoms with Gasteiger partial charge in [-0.25, -0.2) is 0 Å². The third-order valence-electron chi connectivity index (χ3n) is 1.70. The first-order valence-electron chi connectivity index (χ1n) is 4.79. The molecule has 0 unspecified atom stereocenters. The van der Waals surface area contributed by atoms with Crippen LogP contribution in [0.5, 0.6) is 0 Å². The lowest BCUT2D eigenvalue weighted by Gasteiger charge is -1.91. The molecule has 0 radical (unpaired) electrons. The summed E-state index contributed by atoms with van der Waals surface area (Å²) in [4.78, 5) is 0. The SMILES string of the molecule is C=CCCCC/C=C/CC=CC. The summed E-state index contributed by atoms with van der Waals surface area (Å²) in [5, 5.41) is 0. The first-order chi connectivity index (χ1) is 5.91. The Morgan fingerprint density at radius 3 is 2.42 bits per heavy atom. The van der Waals surface area contributed by atoms with Gasteiger partial charge in [0.1, 0.15) is 0 Å². The molecule has 0 aromatic carbocycles. The molecule has 0 saturated carbocycles. The molecule has 12 heavy (non-hydrogen) atoms. The van der Waals surface area contributed by atoms with E-state index in [1.54, 1.807) is 0 Å². The molecule has 0 aliphatic heterocycles. The van der Waals surface area contributed by atoms with Crippen LogP contribution in [0.3, 0.4) is 0 Å². The van der Waals surface area contributed by atoms with E-state index >= 15 is 0 Å². The summed E-state index contributed by atoms with van der Waals surface area (Å²) in [6.07, 6.45) is 16.8. The van der Waals surface area contributed by atoms with Crippen molar-refractivity contribution in [2.75, 3.05) is 0 Å². The minimum atomic E-state index is 1.08. The molecule has 0 heteroatoms. The first kappa shape index (κ1) is 11.2. The van der Waals surface area contributed by atoms with E-state index < -0.39 is 0 Å². The minimum Gasteiger partial charge on any atom is -0.103 e. The third kappa shape index (κ3) is 9.22. The minimum absolute atomic E-state index is 1.08. The molecule has 0 bridgehead atoms. The van der Waals surface area contributed by atoms with Crippen LogP contribution in [0.15, 0.2) is 37.0 Å². The van der Waals surface area contributed by atoms with E-state index in [9.17, 15) is 0 Å². The number of hydrogen-bond donors (Lipinski definition) is 0. The Balaban J connectivity index is 3.07. The molecule has 0 aromatic rings. The highest BCUT2D eigenvalue weighted by Gasteiger charge is 1.81. The van der Waals surface area contributed by atoms with E-state index in [1.807, 2.05) is 6.08 Å². The summed E-state index contributed by atoms with van der Waals surface area (Å²) in [5.41, 5.74) is 0. The molecule has 0 amide bonds. The molecule has 0 N–H and O–H groups in total. The van der Waals surface area contributed by atoms with Gasteiger partial charge in [-0.1, -0.05) is 30.4 Å². The van der Waals surface area contributed by atoms with Gasteiger partial charge < -0.3 is 0 Å². The molecule has 0 spiro atoms. The van der Waals surface area contributed by atoms with Crippen LogP contribution >= 0.6 is 0 Å². The zero-order valence-corrected chi connectivity index (χ0v) is 8.13. The fourth-order valence-electron chi connectivity index (χ4n) is 0.980. The summed E-state index contributed by atoms with van der Waals surface area (Å²) in [6.45, 7) is 5.75. The summed E-state index contributed by atoms with van der Waals surface area (Å²) >= 11 is 0. The topological polar surface area (TPSA) is 0 Å². The summed E-state index contributed by atoms with van der Waals surface area (Å²) in [5.74, 6) is 0. The van der Waals surface area contributed by atoms with Crippen LogP contribution in [0, 0.1) is 0 Å². The predicted octanol–water partition coefficient (Wildman–Crippen LogP) is 4.26. The van der Waals surface area contributed by atoms with Crippen molar-refractivity contribution < 1.29 is 0 Å². The number of allylic oxidation sites excluding steroid dienone is 5. The number of hydrogen-bond acceptors (Lipinski definition) is 0. The van der Waals surface area contributed by atoms with Crippen LogP contribution < -0.4 is 0 Å². The second-order valence-corrected chi connectivity index (χ2v) is 2.85. The smallest absolute Gasteiger partial charge is 0.0169 e. The van der Waals surface area contributed by atoms with Gasteiger partial charge in [0.05, 0.1) is 0 Å². The van der Waals surface area contributed by atoms with Gasteiger partial charge in [-0.15, -0.1) is 6.58 Å². The molecule has 0 aromatic heterocycles. The van der Waals surface area contributed by atoms with Gasteiger partial charge in [0, 0.05) is 0 Å². The molecule has 0 aliphatic rings. The Bertz CT molecular complexity index is 140. The maximum Gasteiger partial charge on any atom is -0.0169 e. The van der Waals surface area contributed by atoms with Crippen molar-refractivity contribution in [2.45, 2.75) is 39.0 Å². The van der Waals surface area contributed by atoms with Crippen molar-refractivity contribution in [3.63, 3.8) is 0 Å². The zero-order valence-electron chi connectivity index (χ0n) is 8.13. The van der Waals surface area contributed by atoms with Gasteiger partial charge in [0.15, 0.2) is 0 Å². The molecule has 0 rings (SSSR count). The number of unbranched alkanes of at least 4 members (excludes halogenated alkanes) is 3. The predicted molar refractivity (Wildman–Crippen MR) is 57.2 cm³/mol. The third-order valence-corrected chi connectivity index (χ3v) is 1.70. The average Bonchev–Trinajstić information content (AvgIpc) is 2.10. The maximum atomic E-state index is 3.69. The standard InChI is InChI=1S/C12H20/c1-3-5-7-9-11-12-10-8-6-4-2/h3-4,6,10,12H,1,5,7-9,11H2,2H3/b6-4?,12-10+. The number of rotatable bonds is 7. The fraction of sp³-hybridized carbons (Fsp3) is 0.500. The van der Waals surface area contributed by atoms with Crippen molar-refractivity contribution >= 4 is 0 Å². The lowest BCUT2D eigenvalue weighted by Crippen LogP contribution is -1.71. The van der Waals surface area contributed by atoms with Gasteiger partial charge in [-0.05, 0) is 39.0 Å². The van der Waals surface area contributed by atoms with E-state index in [0.717, 1.165) is 12.8 Å². The quantitative estimate of drug-likeness (QED) is 0.389. The molecule has 68 valence electrons. The Morgan fingerprint density at radius 2 is 1.75 bits per heavy atom. The monoisotopic (exact) mass is 164 g/mol. The van der Waals surface area contributed by atoms with Crippen LogP contribution in [0.1, 0.15) is 39.0 Å². The lowest BCUT2D eigenvalue weighted by molar-refractivity contribution is 0.762. The normalized spacial score (nSPS) is 11.4.